The van der Waals surface area contributed by atoms with Gasteiger partial charge in [-0.15, -0.1) is 0 Å². The minimum absolute atomic E-state index is 0.0525. The van der Waals surface area contributed by atoms with Crippen LogP contribution in [-0.2, 0) is 15.8 Å². The molecule has 0 aliphatic carbocycles. The fourth-order valence-corrected chi connectivity index (χ4v) is 4.21. The lowest BCUT2D eigenvalue weighted by atomic mass is 10.2. The molecule has 1 atom stereocenters. The predicted octanol–water partition coefficient (Wildman–Crippen LogP) is 1.46. The Kier molecular flexibility index (Phi) is 5.34. The van der Waals surface area contributed by atoms with Crippen LogP contribution >= 0.6 is 0 Å². The van der Waals surface area contributed by atoms with Crippen molar-refractivity contribution in [2.24, 2.45) is 0 Å². The van der Waals surface area contributed by atoms with Gasteiger partial charge in [-0.25, -0.2) is 12.7 Å². The molecule has 1 fully saturated rings. The molecule has 0 saturated carbocycles. The van der Waals surface area contributed by atoms with Gasteiger partial charge in [0.1, 0.15) is 0 Å². The van der Waals surface area contributed by atoms with Crippen LogP contribution < -0.4 is 5.32 Å². The molecule has 6 heteroatoms. The third-order valence-corrected chi connectivity index (χ3v) is 5.63. The lowest BCUT2D eigenvalue weighted by Gasteiger charge is -2.24. The zero-order valence-corrected chi connectivity index (χ0v) is 13.1. The first kappa shape index (κ1) is 16.0. The van der Waals surface area contributed by atoms with Crippen LogP contribution in [0.15, 0.2) is 24.3 Å². The molecule has 1 aromatic carbocycles. The van der Waals surface area contributed by atoms with E-state index in [-0.39, 0.29) is 11.8 Å². The Balaban J connectivity index is 2.09. The van der Waals surface area contributed by atoms with Crippen LogP contribution in [0.5, 0.6) is 0 Å². The Labute approximate surface area is 126 Å². The summed E-state index contributed by atoms with van der Waals surface area (Å²) in [6.07, 6.45) is 2.13. The normalized spacial score (nSPS) is 18.8. The Morgan fingerprint density at radius 1 is 1.48 bits per heavy atom. The summed E-state index contributed by atoms with van der Waals surface area (Å²) >= 11 is 0. The number of nitrogens with one attached hydrogen (secondary N) is 1. The molecule has 1 aliphatic heterocycles. The van der Waals surface area contributed by atoms with Gasteiger partial charge in [-0.2, -0.15) is 5.26 Å². The molecule has 1 heterocycles. The van der Waals surface area contributed by atoms with Crippen molar-refractivity contribution in [2.75, 3.05) is 19.6 Å². The zero-order chi connectivity index (χ0) is 15.3. The van der Waals surface area contributed by atoms with Crippen LogP contribution in [0.3, 0.4) is 0 Å². The maximum absolute atomic E-state index is 12.5. The number of nitriles is 1. The lowest BCUT2D eigenvalue weighted by molar-refractivity contribution is 0.382. The van der Waals surface area contributed by atoms with Crippen molar-refractivity contribution in [3.63, 3.8) is 0 Å². The third kappa shape index (κ3) is 4.27. The summed E-state index contributed by atoms with van der Waals surface area (Å²) in [6, 6.07) is 9.08. The van der Waals surface area contributed by atoms with E-state index in [4.69, 9.17) is 5.26 Å². The van der Waals surface area contributed by atoms with Crippen LogP contribution in [0.2, 0.25) is 0 Å². The van der Waals surface area contributed by atoms with Crippen molar-refractivity contribution in [1.82, 2.24) is 9.62 Å². The molecule has 1 saturated heterocycles. The SMILES string of the molecule is CCN(CC1CCCN1)S(=O)(=O)Cc1cccc(C#N)c1. The fraction of sp³-hybridized carbons (Fsp3) is 0.533. The quantitative estimate of drug-likeness (QED) is 0.863. The van der Waals surface area contributed by atoms with E-state index in [1.165, 1.54) is 4.31 Å². The van der Waals surface area contributed by atoms with E-state index in [1.54, 1.807) is 24.3 Å². The summed E-state index contributed by atoms with van der Waals surface area (Å²) in [5.74, 6) is -0.0525. The summed E-state index contributed by atoms with van der Waals surface area (Å²) in [7, 11) is -3.35. The third-order valence-electron chi connectivity index (χ3n) is 3.74. The summed E-state index contributed by atoms with van der Waals surface area (Å²) in [4.78, 5) is 0. The van der Waals surface area contributed by atoms with Gasteiger partial charge in [0.2, 0.25) is 10.0 Å². The number of hydrogen-bond donors (Lipinski definition) is 1. The van der Waals surface area contributed by atoms with E-state index in [9.17, 15) is 8.42 Å². The number of benzene rings is 1. The molecule has 114 valence electrons. The number of likely N-dealkylation sites (N-methyl/N-ethyl adjacent to an activating group) is 1. The van der Waals surface area contributed by atoms with Gasteiger partial charge in [-0.05, 0) is 37.1 Å². The van der Waals surface area contributed by atoms with Crippen molar-refractivity contribution in [1.29, 1.82) is 5.26 Å². The number of sulfonamides is 1. The van der Waals surface area contributed by atoms with E-state index in [0.29, 0.717) is 24.2 Å². The molecule has 2 rings (SSSR count). The van der Waals surface area contributed by atoms with E-state index in [0.717, 1.165) is 19.4 Å². The first-order valence-electron chi connectivity index (χ1n) is 7.25. The van der Waals surface area contributed by atoms with Gasteiger partial charge < -0.3 is 5.32 Å². The number of nitrogens with zero attached hydrogens (tertiary/aromatic N) is 2. The predicted molar refractivity (Wildman–Crippen MR) is 82.1 cm³/mol. The second kappa shape index (κ2) is 7.03. The summed E-state index contributed by atoms with van der Waals surface area (Å²) in [5.41, 5.74) is 1.15. The molecule has 21 heavy (non-hydrogen) atoms. The molecule has 1 aliphatic rings. The van der Waals surface area contributed by atoms with Crippen molar-refractivity contribution < 1.29 is 8.42 Å². The average Bonchev–Trinajstić information content (AvgIpc) is 2.97. The number of hydrogen-bond acceptors (Lipinski definition) is 4. The van der Waals surface area contributed by atoms with Crippen molar-refractivity contribution in [2.45, 2.75) is 31.6 Å². The maximum Gasteiger partial charge on any atom is 0.218 e. The van der Waals surface area contributed by atoms with Crippen LogP contribution in [0.4, 0.5) is 0 Å². The summed E-state index contributed by atoms with van der Waals surface area (Å²) in [5, 5.41) is 12.2. The number of rotatable bonds is 6. The fourth-order valence-electron chi connectivity index (χ4n) is 2.63. The highest BCUT2D eigenvalue weighted by atomic mass is 32.2. The van der Waals surface area contributed by atoms with Crippen LogP contribution in [0, 0.1) is 11.3 Å². The largest absolute Gasteiger partial charge is 0.313 e. The van der Waals surface area contributed by atoms with Crippen LogP contribution in [0.1, 0.15) is 30.9 Å². The zero-order valence-electron chi connectivity index (χ0n) is 12.2. The smallest absolute Gasteiger partial charge is 0.218 e. The maximum atomic E-state index is 12.5. The molecule has 0 radical (unpaired) electrons. The highest BCUT2D eigenvalue weighted by Gasteiger charge is 2.25. The van der Waals surface area contributed by atoms with Crippen molar-refractivity contribution >= 4 is 10.0 Å². The Morgan fingerprint density at radius 2 is 2.29 bits per heavy atom. The van der Waals surface area contributed by atoms with Gasteiger partial charge in [0, 0.05) is 19.1 Å². The molecule has 0 bridgehead atoms. The second-order valence-electron chi connectivity index (χ2n) is 5.31. The second-order valence-corrected chi connectivity index (χ2v) is 7.28. The highest BCUT2D eigenvalue weighted by molar-refractivity contribution is 7.88. The van der Waals surface area contributed by atoms with Gasteiger partial charge in [0.15, 0.2) is 0 Å². The van der Waals surface area contributed by atoms with Gasteiger partial charge in [-0.1, -0.05) is 19.1 Å². The Hall–Kier alpha value is -1.42. The van der Waals surface area contributed by atoms with Gasteiger partial charge in [0.05, 0.1) is 17.4 Å². The monoisotopic (exact) mass is 307 g/mol. The molecular formula is C15H21N3O2S. The van der Waals surface area contributed by atoms with Gasteiger partial charge in [0.25, 0.3) is 0 Å². The van der Waals surface area contributed by atoms with Crippen molar-refractivity contribution in [3.8, 4) is 6.07 Å². The molecule has 1 aromatic rings. The van der Waals surface area contributed by atoms with Crippen molar-refractivity contribution in [3.05, 3.63) is 35.4 Å². The molecule has 0 amide bonds. The van der Waals surface area contributed by atoms with E-state index >= 15 is 0 Å². The average molecular weight is 307 g/mol. The molecule has 0 spiro atoms. The van der Waals surface area contributed by atoms with Crippen LogP contribution in [-0.4, -0.2) is 38.4 Å². The minimum Gasteiger partial charge on any atom is -0.313 e. The first-order valence-corrected chi connectivity index (χ1v) is 8.86. The highest BCUT2D eigenvalue weighted by Crippen LogP contribution is 2.15. The Morgan fingerprint density at radius 3 is 2.90 bits per heavy atom. The summed E-state index contributed by atoms with van der Waals surface area (Å²) < 4.78 is 26.6. The van der Waals surface area contributed by atoms with E-state index in [2.05, 4.69) is 5.32 Å². The molecular weight excluding hydrogens is 286 g/mol. The minimum atomic E-state index is -3.35. The summed E-state index contributed by atoms with van der Waals surface area (Å²) in [6.45, 7) is 3.82. The van der Waals surface area contributed by atoms with E-state index < -0.39 is 10.0 Å². The van der Waals surface area contributed by atoms with Gasteiger partial charge in [-0.3, -0.25) is 0 Å². The first-order chi connectivity index (χ1) is 10.0. The topological polar surface area (TPSA) is 73.2 Å². The van der Waals surface area contributed by atoms with E-state index in [1.807, 2.05) is 13.0 Å². The Bertz CT molecular complexity index is 616. The molecule has 1 unspecified atom stereocenters. The van der Waals surface area contributed by atoms with Gasteiger partial charge >= 0.3 is 0 Å². The molecule has 5 nitrogen and oxygen atoms in total. The van der Waals surface area contributed by atoms with Crippen LogP contribution in [0.25, 0.3) is 0 Å². The molecule has 0 aromatic heterocycles. The lowest BCUT2D eigenvalue weighted by Crippen LogP contribution is -2.41. The molecule has 1 N–H and O–H groups in total. The standard InChI is InChI=1S/C15H21N3O2S/c1-2-18(11-15-7-4-8-17-15)21(19,20)12-14-6-3-5-13(9-14)10-16/h3,5-6,9,15,17H,2,4,7-8,11-12H2,1H3.